The number of hydrogen-bond donors (Lipinski definition) is 0. The summed E-state index contributed by atoms with van der Waals surface area (Å²) in [7, 11) is -3.39. The summed E-state index contributed by atoms with van der Waals surface area (Å²) in [6, 6.07) is 5.94. The summed E-state index contributed by atoms with van der Waals surface area (Å²) in [6.45, 7) is 7.24. The second-order valence-corrected chi connectivity index (χ2v) is 8.38. The van der Waals surface area contributed by atoms with Gasteiger partial charge in [-0.15, -0.1) is 0 Å². The highest BCUT2D eigenvalue weighted by atomic mass is 32.2. The summed E-state index contributed by atoms with van der Waals surface area (Å²) in [5, 5.41) is -0.0993. The Morgan fingerprint density at radius 2 is 1.96 bits per heavy atom. The predicted molar refractivity (Wildman–Crippen MR) is 102 cm³/mol. The molecular formula is C19H25N3O4S. The first-order valence-corrected chi connectivity index (χ1v) is 11.0. The van der Waals surface area contributed by atoms with Crippen molar-refractivity contribution in [2.75, 3.05) is 26.0 Å². The molecule has 146 valence electrons. The van der Waals surface area contributed by atoms with Gasteiger partial charge in [0.2, 0.25) is 15.0 Å². The van der Waals surface area contributed by atoms with Gasteiger partial charge >= 0.3 is 0 Å². The van der Waals surface area contributed by atoms with Crippen molar-refractivity contribution < 1.29 is 17.9 Å². The van der Waals surface area contributed by atoms with Gasteiger partial charge in [-0.25, -0.2) is 18.4 Å². The highest BCUT2D eigenvalue weighted by molar-refractivity contribution is 7.90. The monoisotopic (exact) mass is 391 g/mol. The van der Waals surface area contributed by atoms with E-state index in [1.165, 1.54) is 0 Å². The standard InChI is InChI=1S/C19H25N3O4S/c1-4-25-17-8-6-7-14(18(17)26-5-2)12-22-10-9-16-15(13-22)11-20-19(21-16)27(3,23)24/h6-8,11H,4-5,9-10,12-13H2,1-3H3. The van der Waals surface area contributed by atoms with Crippen molar-refractivity contribution in [3.8, 4) is 11.5 Å². The molecule has 1 aromatic heterocycles. The van der Waals surface area contributed by atoms with E-state index < -0.39 is 9.84 Å². The van der Waals surface area contributed by atoms with E-state index in [-0.39, 0.29) is 5.16 Å². The third kappa shape index (κ3) is 4.56. The molecule has 0 saturated heterocycles. The molecular weight excluding hydrogens is 366 g/mol. The molecule has 2 aromatic rings. The number of fused-ring (bicyclic) bond motifs is 1. The fourth-order valence-electron chi connectivity index (χ4n) is 3.17. The topological polar surface area (TPSA) is 81.6 Å². The van der Waals surface area contributed by atoms with Crippen LogP contribution in [-0.2, 0) is 29.3 Å². The largest absolute Gasteiger partial charge is 0.490 e. The number of benzene rings is 1. The van der Waals surface area contributed by atoms with Crippen molar-refractivity contribution in [3.05, 3.63) is 41.2 Å². The van der Waals surface area contributed by atoms with Crippen molar-refractivity contribution in [2.24, 2.45) is 0 Å². The lowest BCUT2D eigenvalue weighted by Crippen LogP contribution is -2.31. The van der Waals surface area contributed by atoms with Crippen LogP contribution in [0.5, 0.6) is 11.5 Å². The van der Waals surface area contributed by atoms with Gasteiger partial charge in [-0.2, -0.15) is 0 Å². The fraction of sp³-hybridized carbons (Fsp3) is 0.474. The molecule has 27 heavy (non-hydrogen) atoms. The van der Waals surface area contributed by atoms with Gasteiger partial charge in [0.15, 0.2) is 11.5 Å². The zero-order valence-electron chi connectivity index (χ0n) is 15.9. The molecule has 1 aliphatic heterocycles. The Bertz CT molecular complexity index is 915. The Morgan fingerprint density at radius 1 is 1.19 bits per heavy atom. The molecule has 0 radical (unpaired) electrons. The normalized spacial score (nSPS) is 14.6. The summed E-state index contributed by atoms with van der Waals surface area (Å²) in [5.41, 5.74) is 2.85. The number of hydrogen-bond acceptors (Lipinski definition) is 7. The molecule has 0 bridgehead atoms. The number of nitrogens with zero attached hydrogens (tertiary/aromatic N) is 3. The molecule has 1 aromatic carbocycles. The van der Waals surface area contributed by atoms with Gasteiger partial charge in [-0.3, -0.25) is 4.90 Å². The number of sulfone groups is 1. The SMILES string of the molecule is CCOc1cccc(CN2CCc3nc(S(C)(=O)=O)ncc3C2)c1OCC. The molecule has 0 unspecified atom stereocenters. The summed E-state index contributed by atoms with van der Waals surface area (Å²) in [4.78, 5) is 10.5. The molecule has 0 fully saturated rings. The van der Waals surface area contributed by atoms with Crippen molar-refractivity contribution in [2.45, 2.75) is 38.5 Å². The zero-order chi connectivity index (χ0) is 19.4. The van der Waals surface area contributed by atoms with Gasteiger partial charge in [0.05, 0.1) is 18.9 Å². The maximum atomic E-state index is 11.6. The smallest absolute Gasteiger partial charge is 0.246 e. The molecule has 2 heterocycles. The molecule has 7 nitrogen and oxygen atoms in total. The maximum Gasteiger partial charge on any atom is 0.246 e. The number of ether oxygens (including phenoxy) is 2. The Hall–Kier alpha value is -2.19. The highest BCUT2D eigenvalue weighted by Gasteiger charge is 2.22. The van der Waals surface area contributed by atoms with Crippen molar-refractivity contribution >= 4 is 9.84 Å². The van der Waals surface area contributed by atoms with E-state index in [0.29, 0.717) is 32.7 Å². The van der Waals surface area contributed by atoms with Crippen LogP contribution in [0.15, 0.2) is 29.6 Å². The second-order valence-electron chi connectivity index (χ2n) is 6.47. The van der Waals surface area contributed by atoms with E-state index in [2.05, 4.69) is 14.9 Å². The van der Waals surface area contributed by atoms with Crippen LogP contribution in [0.3, 0.4) is 0 Å². The molecule has 0 spiro atoms. The highest BCUT2D eigenvalue weighted by Crippen LogP contribution is 2.33. The van der Waals surface area contributed by atoms with Crippen LogP contribution >= 0.6 is 0 Å². The van der Waals surface area contributed by atoms with Crippen LogP contribution in [-0.4, -0.2) is 49.3 Å². The van der Waals surface area contributed by atoms with Crippen molar-refractivity contribution in [3.63, 3.8) is 0 Å². The molecule has 0 saturated carbocycles. The number of para-hydroxylation sites is 1. The van der Waals surface area contributed by atoms with E-state index >= 15 is 0 Å². The van der Waals surface area contributed by atoms with Crippen molar-refractivity contribution in [1.29, 1.82) is 0 Å². The lowest BCUT2D eigenvalue weighted by atomic mass is 10.1. The van der Waals surface area contributed by atoms with Crippen LogP contribution in [0.4, 0.5) is 0 Å². The molecule has 0 N–H and O–H groups in total. The van der Waals surface area contributed by atoms with E-state index in [0.717, 1.165) is 41.1 Å². The molecule has 1 aliphatic rings. The fourth-order valence-corrected chi connectivity index (χ4v) is 3.69. The van der Waals surface area contributed by atoms with E-state index in [4.69, 9.17) is 9.47 Å². The second kappa shape index (κ2) is 8.22. The van der Waals surface area contributed by atoms with Gasteiger partial charge in [-0.05, 0) is 19.9 Å². The maximum absolute atomic E-state index is 11.6. The Kier molecular flexibility index (Phi) is 5.96. The summed E-state index contributed by atoms with van der Waals surface area (Å²) >= 11 is 0. The summed E-state index contributed by atoms with van der Waals surface area (Å²) in [5.74, 6) is 1.55. The van der Waals surface area contributed by atoms with E-state index in [1.807, 2.05) is 32.0 Å². The van der Waals surface area contributed by atoms with Crippen LogP contribution < -0.4 is 9.47 Å². The average molecular weight is 391 g/mol. The Morgan fingerprint density at radius 3 is 2.67 bits per heavy atom. The van der Waals surface area contributed by atoms with Gasteiger partial charge in [0, 0.05) is 49.6 Å². The predicted octanol–water partition coefficient (Wildman–Crippen LogP) is 2.24. The first kappa shape index (κ1) is 19.6. The van der Waals surface area contributed by atoms with Gasteiger partial charge in [0.25, 0.3) is 0 Å². The summed E-state index contributed by atoms with van der Waals surface area (Å²) in [6.07, 6.45) is 3.45. The van der Waals surface area contributed by atoms with Gasteiger partial charge in [-0.1, -0.05) is 12.1 Å². The van der Waals surface area contributed by atoms with Crippen LogP contribution in [0.25, 0.3) is 0 Å². The van der Waals surface area contributed by atoms with Crippen LogP contribution in [0.1, 0.15) is 30.7 Å². The first-order valence-electron chi connectivity index (χ1n) is 9.07. The Labute approximate surface area is 160 Å². The quantitative estimate of drug-likeness (QED) is 0.670. The molecule has 0 amide bonds. The number of rotatable bonds is 7. The molecule has 8 heteroatoms. The first-order chi connectivity index (χ1) is 12.9. The third-order valence-electron chi connectivity index (χ3n) is 4.37. The summed E-state index contributed by atoms with van der Waals surface area (Å²) < 4.78 is 34.8. The molecule has 0 atom stereocenters. The van der Waals surface area contributed by atoms with Crippen molar-refractivity contribution in [1.82, 2.24) is 14.9 Å². The lowest BCUT2D eigenvalue weighted by Gasteiger charge is -2.28. The molecule has 0 aliphatic carbocycles. The zero-order valence-corrected chi connectivity index (χ0v) is 16.8. The van der Waals surface area contributed by atoms with Crippen LogP contribution in [0, 0.1) is 0 Å². The van der Waals surface area contributed by atoms with E-state index in [9.17, 15) is 8.42 Å². The minimum atomic E-state index is -3.39. The Balaban J connectivity index is 1.80. The molecule has 3 rings (SSSR count). The minimum absolute atomic E-state index is 0.0993. The average Bonchev–Trinajstić information content (AvgIpc) is 2.63. The lowest BCUT2D eigenvalue weighted by molar-refractivity contribution is 0.232. The third-order valence-corrected chi connectivity index (χ3v) is 5.23. The number of aromatic nitrogens is 2. The van der Waals surface area contributed by atoms with E-state index in [1.54, 1.807) is 6.20 Å². The van der Waals surface area contributed by atoms with Gasteiger partial charge in [0.1, 0.15) is 0 Å². The van der Waals surface area contributed by atoms with Crippen LogP contribution in [0.2, 0.25) is 0 Å². The van der Waals surface area contributed by atoms with Gasteiger partial charge < -0.3 is 9.47 Å². The minimum Gasteiger partial charge on any atom is -0.490 e.